The van der Waals surface area contributed by atoms with Gasteiger partial charge in [0, 0.05) is 17.3 Å². The summed E-state index contributed by atoms with van der Waals surface area (Å²) in [5, 5.41) is 4.91. The molecular weight excluding hydrogens is 226 g/mol. The molecule has 3 unspecified atom stereocenters. The molecular formula is C15H29NS. The van der Waals surface area contributed by atoms with Crippen molar-refractivity contribution in [3.05, 3.63) is 0 Å². The highest BCUT2D eigenvalue weighted by Crippen LogP contribution is 2.31. The zero-order valence-corrected chi connectivity index (χ0v) is 12.6. The Bertz CT molecular complexity index is 223. The monoisotopic (exact) mass is 255 g/mol. The molecule has 0 amide bonds. The molecule has 2 aliphatic carbocycles. The molecule has 0 saturated heterocycles. The van der Waals surface area contributed by atoms with Gasteiger partial charge < -0.3 is 5.32 Å². The molecule has 2 saturated carbocycles. The summed E-state index contributed by atoms with van der Waals surface area (Å²) >= 11 is 2.07. The Labute approximate surface area is 112 Å². The highest BCUT2D eigenvalue weighted by Gasteiger charge is 2.28. The lowest BCUT2D eigenvalue weighted by Gasteiger charge is -2.38. The van der Waals surface area contributed by atoms with E-state index in [9.17, 15) is 0 Å². The summed E-state index contributed by atoms with van der Waals surface area (Å²) in [6, 6.07) is 1.62. The summed E-state index contributed by atoms with van der Waals surface area (Å²) in [4.78, 5) is 0. The Morgan fingerprint density at radius 3 is 2.29 bits per heavy atom. The van der Waals surface area contributed by atoms with E-state index < -0.39 is 0 Å². The summed E-state index contributed by atoms with van der Waals surface area (Å²) < 4.78 is 0. The maximum atomic E-state index is 3.97. The van der Waals surface area contributed by atoms with Gasteiger partial charge in [-0.3, -0.25) is 0 Å². The van der Waals surface area contributed by atoms with Crippen molar-refractivity contribution in [1.29, 1.82) is 0 Å². The van der Waals surface area contributed by atoms with Gasteiger partial charge in [0.05, 0.1) is 0 Å². The largest absolute Gasteiger partial charge is 0.311 e. The second kappa shape index (κ2) is 6.47. The van der Waals surface area contributed by atoms with Crippen LogP contribution in [0, 0.1) is 11.8 Å². The Balaban J connectivity index is 1.76. The molecule has 2 heteroatoms. The summed E-state index contributed by atoms with van der Waals surface area (Å²) in [6.45, 7) is 4.86. The Hall–Kier alpha value is 0.310. The van der Waals surface area contributed by atoms with Crippen LogP contribution in [0.15, 0.2) is 0 Å². The third kappa shape index (κ3) is 3.89. The van der Waals surface area contributed by atoms with Crippen molar-refractivity contribution in [2.24, 2.45) is 11.8 Å². The topological polar surface area (TPSA) is 12.0 Å². The van der Waals surface area contributed by atoms with Gasteiger partial charge >= 0.3 is 0 Å². The minimum Gasteiger partial charge on any atom is -0.311 e. The van der Waals surface area contributed by atoms with E-state index >= 15 is 0 Å². The van der Waals surface area contributed by atoms with Crippen LogP contribution in [0.2, 0.25) is 0 Å². The van der Waals surface area contributed by atoms with Gasteiger partial charge in [-0.05, 0) is 56.6 Å². The van der Waals surface area contributed by atoms with Crippen LogP contribution in [0.4, 0.5) is 0 Å². The van der Waals surface area contributed by atoms with E-state index in [4.69, 9.17) is 0 Å². The highest BCUT2D eigenvalue weighted by molar-refractivity contribution is 7.99. The normalized spacial score (nSPS) is 43.6. The van der Waals surface area contributed by atoms with E-state index in [1.165, 1.54) is 44.9 Å². The molecule has 0 aromatic heterocycles. The molecule has 0 aromatic carbocycles. The SMILES string of the molecule is CSC1CCC(NC2CC(C)CCC2C)CC1. The lowest BCUT2D eigenvalue weighted by atomic mass is 9.79. The average molecular weight is 255 g/mol. The van der Waals surface area contributed by atoms with E-state index in [0.717, 1.165) is 29.2 Å². The zero-order valence-electron chi connectivity index (χ0n) is 11.7. The maximum Gasteiger partial charge on any atom is 0.00978 e. The van der Waals surface area contributed by atoms with Gasteiger partial charge in [-0.15, -0.1) is 0 Å². The smallest absolute Gasteiger partial charge is 0.00978 e. The molecule has 0 spiro atoms. The van der Waals surface area contributed by atoms with Gasteiger partial charge in [0.25, 0.3) is 0 Å². The number of hydrogen-bond donors (Lipinski definition) is 1. The van der Waals surface area contributed by atoms with Gasteiger partial charge in [-0.25, -0.2) is 0 Å². The second-order valence-corrected chi connectivity index (χ2v) is 7.52. The van der Waals surface area contributed by atoms with Gasteiger partial charge in [-0.2, -0.15) is 11.8 Å². The number of thioether (sulfide) groups is 1. The molecule has 0 aliphatic heterocycles. The lowest BCUT2D eigenvalue weighted by Crippen LogP contribution is -2.46. The lowest BCUT2D eigenvalue weighted by molar-refractivity contribution is 0.199. The Kier molecular flexibility index (Phi) is 5.23. The Morgan fingerprint density at radius 2 is 1.65 bits per heavy atom. The zero-order chi connectivity index (χ0) is 12.3. The van der Waals surface area contributed by atoms with Crippen LogP contribution in [-0.2, 0) is 0 Å². The molecule has 0 heterocycles. The molecule has 1 nitrogen and oxygen atoms in total. The van der Waals surface area contributed by atoms with Crippen molar-refractivity contribution < 1.29 is 0 Å². The van der Waals surface area contributed by atoms with Crippen molar-refractivity contribution in [2.75, 3.05) is 6.26 Å². The van der Waals surface area contributed by atoms with Crippen LogP contribution in [-0.4, -0.2) is 23.6 Å². The predicted molar refractivity (Wildman–Crippen MR) is 78.7 cm³/mol. The van der Waals surface area contributed by atoms with Crippen molar-refractivity contribution >= 4 is 11.8 Å². The van der Waals surface area contributed by atoms with Gasteiger partial charge in [0.1, 0.15) is 0 Å². The third-order valence-electron chi connectivity index (χ3n) is 4.92. The van der Waals surface area contributed by atoms with Gasteiger partial charge in [-0.1, -0.05) is 20.3 Å². The Morgan fingerprint density at radius 1 is 0.941 bits per heavy atom. The van der Waals surface area contributed by atoms with Gasteiger partial charge in [0.2, 0.25) is 0 Å². The molecule has 0 radical (unpaired) electrons. The molecule has 2 aliphatic rings. The third-order valence-corrected chi connectivity index (χ3v) is 6.05. The fourth-order valence-electron chi connectivity index (χ4n) is 3.53. The quantitative estimate of drug-likeness (QED) is 0.815. The van der Waals surface area contributed by atoms with E-state index in [1.807, 2.05) is 0 Å². The molecule has 17 heavy (non-hydrogen) atoms. The van der Waals surface area contributed by atoms with Gasteiger partial charge in [0.15, 0.2) is 0 Å². The highest BCUT2D eigenvalue weighted by atomic mass is 32.2. The van der Waals surface area contributed by atoms with Crippen LogP contribution in [0.5, 0.6) is 0 Å². The molecule has 1 N–H and O–H groups in total. The summed E-state index contributed by atoms with van der Waals surface area (Å²) in [5.74, 6) is 1.83. The first-order valence-electron chi connectivity index (χ1n) is 7.48. The number of hydrogen-bond acceptors (Lipinski definition) is 2. The first kappa shape index (κ1) is 13.7. The average Bonchev–Trinajstić information content (AvgIpc) is 2.35. The number of nitrogens with one attached hydrogen (secondary N) is 1. The van der Waals surface area contributed by atoms with E-state index in [2.05, 4.69) is 37.2 Å². The van der Waals surface area contributed by atoms with Crippen LogP contribution in [0.3, 0.4) is 0 Å². The summed E-state index contributed by atoms with van der Waals surface area (Å²) in [5.41, 5.74) is 0. The fraction of sp³-hybridized carbons (Fsp3) is 1.00. The first-order chi connectivity index (χ1) is 8.19. The van der Waals surface area contributed by atoms with Crippen LogP contribution in [0.1, 0.15) is 58.8 Å². The van der Waals surface area contributed by atoms with Crippen molar-refractivity contribution in [3.63, 3.8) is 0 Å². The van der Waals surface area contributed by atoms with E-state index in [0.29, 0.717) is 0 Å². The van der Waals surface area contributed by atoms with Crippen molar-refractivity contribution in [3.8, 4) is 0 Å². The minimum atomic E-state index is 0.801. The van der Waals surface area contributed by atoms with E-state index in [-0.39, 0.29) is 0 Å². The van der Waals surface area contributed by atoms with Crippen LogP contribution < -0.4 is 5.32 Å². The number of rotatable bonds is 3. The van der Waals surface area contributed by atoms with Crippen LogP contribution in [0.25, 0.3) is 0 Å². The molecule has 3 atom stereocenters. The molecule has 100 valence electrons. The molecule has 2 rings (SSSR count). The second-order valence-electron chi connectivity index (χ2n) is 6.38. The summed E-state index contributed by atoms with van der Waals surface area (Å²) in [7, 11) is 0. The first-order valence-corrected chi connectivity index (χ1v) is 8.76. The molecule has 0 aromatic rings. The molecule has 0 bridgehead atoms. The van der Waals surface area contributed by atoms with E-state index in [1.54, 1.807) is 0 Å². The fourth-order valence-corrected chi connectivity index (χ4v) is 4.28. The van der Waals surface area contributed by atoms with Crippen molar-refractivity contribution in [2.45, 2.75) is 76.1 Å². The minimum absolute atomic E-state index is 0.801. The predicted octanol–water partition coefficient (Wildman–Crippen LogP) is 4.07. The van der Waals surface area contributed by atoms with Crippen LogP contribution >= 0.6 is 11.8 Å². The van der Waals surface area contributed by atoms with Crippen molar-refractivity contribution in [1.82, 2.24) is 5.32 Å². The summed E-state index contributed by atoms with van der Waals surface area (Å²) in [6.07, 6.45) is 12.2. The molecule has 2 fully saturated rings. The standard InChI is InChI=1S/C15H29NS/c1-11-4-5-12(2)15(10-11)16-13-6-8-14(17-3)9-7-13/h11-16H,4-10H2,1-3H3. The maximum absolute atomic E-state index is 3.97.